The molecule has 0 atom stereocenters. The topological polar surface area (TPSA) is 88.1 Å². The number of hydrogen-bond acceptors (Lipinski definition) is 11. The SMILES string of the molecule is C=CC(=O)OCCCCCSc1ccc(C#Cc2ccc(OCc3ccc4cc(C#Cc5ccc(SCCCCCOC(=O)C=C)s5)ccc4c3)c(C(=O)OC)c2)s1. The molecule has 0 bridgehead atoms. The Morgan fingerprint density at radius 1 is 0.638 bits per heavy atom. The lowest BCUT2D eigenvalue weighted by Gasteiger charge is -2.11. The Labute approximate surface area is 357 Å². The molecule has 58 heavy (non-hydrogen) atoms. The summed E-state index contributed by atoms with van der Waals surface area (Å²) in [6, 6.07) is 25.9. The van der Waals surface area contributed by atoms with E-state index >= 15 is 0 Å². The number of methoxy groups -OCH3 is 1. The standard InChI is InChI=1S/C47H44O7S4/c1-4-43(48)52-26-8-6-10-28-55-45-24-21-39(57-45)19-14-34-12-17-38-31-36(13-18-37(38)30-34)33-54-42-23-16-35(32-41(42)47(50)51-3)15-20-40-22-25-46(58-40)56-29-11-7-9-27-53-44(49)5-2/h4-5,12-13,16-18,21-25,30-32H,1-2,6-11,26-29,33H2,3H3. The molecule has 7 nitrogen and oxygen atoms in total. The van der Waals surface area contributed by atoms with Crippen molar-refractivity contribution in [3.05, 3.63) is 136 Å². The number of esters is 3. The molecule has 0 saturated carbocycles. The summed E-state index contributed by atoms with van der Waals surface area (Å²) in [5, 5.41) is 2.14. The Morgan fingerprint density at radius 2 is 1.19 bits per heavy atom. The van der Waals surface area contributed by atoms with E-state index in [9.17, 15) is 14.4 Å². The Kier molecular flexibility index (Phi) is 18.1. The Balaban J connectivity index is 1.10. The van der Waals surface area contributed by atoms with Gasteiger partial charge in [-0.15, -0.1) is 46.2 Å². The molecule has 3 aromatic carbocycles. The molecule has 0 amide bonds. The summed E-state index contributed by atoms with van der Waals surface area (Å²) in [7, 11) is 1.35. The Bertz CT molecular complexity index is 2330. The maximum Gasteiger partial charge on any atom is 0.341 e. The molecule has 298 valence electrons. The van der Waals surface area contributed by atoms with E-state index in [1.807, 2.05) is 36.0 Å². The van der Waals surface area contributed by atoms with Gasteiger partial charge in [0, 0.05) is 23.3 Å². The third-order valence-electron chi connectivity index (χ3n) is 8.39. The molecule has 5 rings (SSSR count). The van der Waals surface area contributed by atoms with Crippen molar-refractivity contribution in [2.75, 3.05) is 31.8 Å². The molecule has 0 radical (unpaired) electrons. The first-order valence-corrected chi connectivity index (χ1v) is 22.4. The molecule has 0 aliphatic carbocycles. The van der Waals surface area contributed by atoms with Crippen molar-refractivity contribution in [2.24, 2.45) is 0 Å². The zero-order valence-electron chi connectivity index (χ0n) is 32.3. The number of thioether (sulfide) groups is 2. The van der Waals surface area contributed by atoms with Gasteiger partial charge in [0.2, 0.25) is 0 Å². The van der Waals surface area contributed by atoms with Gasteiger partial charge in [-0.3, -0.25) is 0 Å². The highest BCUT2D eigenvalue weighted by Crippen LogP contribution is 2.30. The quantitative estimate of drug-likeness (QED) is 0.0190. The smallest absolute Gasteiger partial charge is 0.341 e. The maximum atomic E-state index is 12.8. The highest BCUT2D eigenvalue weighted by atomic mass is 32.2. The molecule has 0 unspecified atom stereocenters. The number of hydrogen-bond donors (Lipinski definition) is 0. The van der Waals surface area contributed by atoms with Gasteiger partial charge in [0.1, 0.15) is 17.9 Å². The number of rotatable bonds is 20. The van der Waals surface area contributed by atoms with Crippen LogP contribution in [0.2, 0.25) is 0 Å². The lowest BCUT2D eigenvalue weighted by atomic mass is 10.0. The number of ether oxygens (including phenoxy) is 4. The average molecular weight is 849 g/mol. The van der Waals surface area contributed by atoms with Crippen LogP contribution in [-0.2, 0) is 30.4 Å². The van der Waals surface area contributed by atoms with Crippen LogP contribution in [0.25, 0.3) is 10.8 Å². The number of fused-ring (bicyclic) bond motifs is 1. The molecule has 2 aromatic heterocycles. The molecule has 2 heterocycles. The van der Waals surface area contributed by atoms with Crippen molar-refractivity contribution >= 4 is 74.9 Å². The number of thiophene rings is 2. The molecular formula is C47H44O7S4. The van der Waals surface area contributed by atoms with E-state index in [0.717, 1.165) is 81.7 Å². The molecule has 0 spiro atoms. The number of carbonyl (C=O) groups excluding carboxylic acids is 3. The summed E-state index contributed by atoms with van der Waals surface area (Å²) in [5.41, 5.74) is 2.90. The second-order valence-corrected chi connectivity index (χ2v) is 17.6. The van der Waals surface area contributed by atoms with E-state index < -0.39 is 5.97 Å². The summed E-state index contributed by atoms with van der Waals surface area (Å²) >= 11 is 6.95. The van der Waals surface area contributed by atoms with E-state index in [1.165, 1.54) is 27.7 Å². The van der Waals surface area contributed by atoms with Crippen molar-refractivity contribution in [1.82, 2.24) is 0 Å². The van der Waals surface area contributed by atoms with Crippen molar-refractivity contribution in [2.45, 2.75) is 53.6 Å². The van der Waals surface area contributed by atoms with Crippen LogP contribution < -0.4 is 4.74 Å². The van der Waals surface area contributed by atoms with Crippen molar-refractivity contribution in [3.8, 4) is 29.4 Å². The van der Waals surface area contributed by atoms with Crippen LogP contribution >= 0.6 is 46.2 Å². The van der Waals surface area contributed by atoms with Gasteiger partial charge < -0.3 is 18.9 Å². The van der Waals surface area contributed by atoms with Crippen LogP contribution in [0.4, 0.5) is 0 Å². The van der Waals surface area contributed by atoms with E-state index in [4.69, 9.17) is 18.9 Å². The predicted octanol–water partition coefficient (Wildman–Crippen LogP) is 11.1. The number of benzene rings is 3. The monoisotopic (exact) mass is 848 g/mol. The van der Waals surface area contributed by atoms with Gasteiger partial charge in [0.15, 0.2) is 0 Å². The minimum Gasteiger partial charge on any atom is -0.488 e. The van der Waals surface area contributed by atoms with Gasteiger partial charge in [-0.1, -0.05) is 55.0 Å². The van der Waals surface area contributed by atoms with E-state index in [1.54, 1.807) is 46.6 Å². The van der Waals surface area contributed by atoms with Crippen LogP contribution in [0.3, 0.4) is 0 Å². The second-order valence-electron chi connectivity index (χ2n) is 12.7. The molecule has 0 aliphatic heterocycles. The molecule has 0 saturated heterocycles. The molecule has 0 aliphatic rings. The predicted molar refractivity (Wildman–Crippen MR) is 238 cm³/mol. The van der Waals surface area contributed by atoms with Gasteiger partial charge in [-0.05, 0) is 127 Å². The first-order valence-electron chi connectivity index (χ1n) is 18.8. The number of unbranched alkanes of at least 4 members (excludes halogenated alkanes) is 4. The van der Waals surface area contributed by atoms with Crippen molar-refractivity contribution in [1.29, 1.82) is 0 Å². The zero-order valence-corrected chi connectivity index (χ0v) is 35.6. The van der Waals surface area contributed by atoms with Crippen LogP contribution in [-0.4, -0.2) is 49.7 Å². The van der Waals surface area contributed by atoms with Crippen LogP contribution in [0.15, 0.2) is 113 Å². The highest BCUT2D eigenvalue weighted by molar-refractivity contribution is 8.01. The molecule has 11 heteroatoms. The van der Waals surface area contributed by atoms with E-state index in [2.05, 4.69) is 79.3 Å². The average Bonchev–Trinajstić information content (AvgIpc) is 3.92. The third-order valence-corrected chi connectivity index (χ3v) is 13.0. The summed E-state index contributed by atoms with van der Waals surface area (Å²) in [4.78, 5) is 36.9. The fraction of sp³-hybridized carbons (Fsp3) is 0.255. The van der Waals surface area contributed by atoms with Gasteiger partial charge in [-0.25, -0.2) is 14.4 Å². The maximum absolute atomic E-state index is 12.8. The number of carbonyl (C=O) groups is 3. The Morgan fingerprint density at radius 3 is 1.78 bits per heavy atom. The molecular weight excluding hydrogens is 805 g/mol. The van der Waals surface area contributed by atoms with Gasteiger partial charge >= 0.3 is 17.9 Å². The molecule has 0 N–H and O–H groups in total. The van der Waals surface area contributed by atoms with Crippen molar-refractivity contribution in [3.63, 3.8) is 0 Å². The van der Waals surface area contributed by atoms with Gasteiger partial charge in [0.05, 0.1) is 38.5 Å². The second kappa shape index (κ2) is 23.9. The van der Waals surface area contributed by atoms with Gasteiger partial charge in [0.25, 0.3) is 0 Å². The summed E-state index contributed by atoms with van der Waals surface area (Å²) in [6.45, 7) is 7.94. The Hall–Kier alpha value is -5.17. The largest absolute Gasteiger partial charge is 0.488 e. The minimum atomic E-state index is -0.491. The lowest BCUT2D eigenvalue weighted by molar-refractivity contribution is -0.138. The zero-order chi connectivity index (χ0) is 41.0. The van der Waals surface area contributed by atoms with Crippen LogP contribution in [0.1, 0.15) is 75.3 Å². The van der Waals surface area contributed by atoms with Crippen LogP contribution in [0.5, 0.6) is 5.75 Å². The van der Waals surface area contributed by atoms with Crippen LogP contribution in [0, 0.1) is 23.7 Å². The fourth-order valence-electron chi connectivity index (χ4n) is 5.39. The summed E-state index contributed by atoms with van der Waals surface area (Å²) in [5.74, 6) is 14.2. The minimum absolute atomic E-state index is 0.273. The van der Waals surface area contributed by atoms with Gasteiger partial charge in [-0.2, -0.15) is 0 Å². The molecule has 5 aromatic rings. The van der Waals surface area contributed by atoms with E-state index in [-0.39, 0.29) is 18.5 Å². The van der Waals surface area contributed by atoms with E-state index in [0.29, 0.717) is 30.1 Å². The third kappa shape index (κ3) is 14.6. The van der Waals surface area contributed by atoms with Crippen molar-refractivity contribution < 1.29 is 33.3 Å². The lowest BCUT2D eigenvalue weighted by Crippen LogP contribution is -2.06. The summed E-state index contributed by atoms with van der Waals surface area (Å²) < 4.78 is 23.7. The molecule has 0 fully saturated rings. The first-order chi connectivity index (χ1) is 28.3. The normalized spacial score (nSPS) is 10.4. The summed E-state index contributed by atoms with van der Waals surface area (Å²) in [6.07, 6.45) is 8.14. The highest BCUT2D eigenvalue weighted by Gasteiger charge is 2.14. The fourth-order valence-corrected chi connectivity index (χ4v) is 9.51. The first kappa shape index (κ1) is 43.9.